The quantitative estimate of drug-likeness (QED) is 0.870. The Kier molecular flexibility index (Phi) is 5.50. The zero-order valence-corrected chi connectivity index (χ0v) is 15.4. The van der Waals surface area contributed by atoms with Crippen LogP contribution in [-0.2, 0) is 26.1 Å². The second kappa shape index (κ2) is 7.79. The predicted molar refractivity (Wildman–Crippen MR) is 95.4 cm³/mol. The molecule has 2 amide bonds. The Morgan fingerprint density at radius 2 is 2.04 bits per heavy atom. The van der Waals surface area contributed by atoms with Crippen molar-refractivity contribution in [3.8, 4) is 0 Å². The first-order valence-corrected chi connectivity index (χ1v) is 9.07. The van der Waals surface area contributed by atoms with Crippen molar-refractivity contribution >= 4 is 22.0 Å². The van der Waals surface area contributed by atoms with Gasteiger partial charge in [0.05, 0.1) is 6.54 Å². The molecular weight excluding hydrogens is 370 g/mol. The van der Waals surface area contributed by atoms with E-state index in [1.165, 1.54) is 12.8 Å². The zero-order chi connectivity index (χ0) is 16.9. The van der Waals surface area contributed by atoms with Gasteiger partial charge < -0.3 is 14.8 Å². The van der Waals surface area contributed by atoms with Gasteiger partial charge in [0.2, 0.25) is 0 Å². The molecule has 2 heterocycles. The van der Waals surface area contributed by atoms with E-state index in [-0.39, 0.29) is 6.03 Å². The zero-order valence-electron chi connectivity index (χ0n) is 13.8. The third kappa shape index (κ3) is 4.14. The summed E-state index contributed by atoms with van der Waals surface area (Å²) in [5.41, 5.74) is 1.09. The summed E-state index contributed by atoms with van der Waals surface area (Å²) in [5, 5.41) is 11.4. The van der Waals surface area contributed by atoms with E-state index in [2.05, 4.69) is 36.0 Å². The van der Waals surface area contributed by atoms with E-state index >= 15 is 0 Å². The smallest absolute Gasteiger partial charge is 0.317 e. The third-order valence-electron chi connectivity index (χ3n) is 4.26. The number of nitrogens with zero attached hydrogens (tertiary/aromatic N) is 4. The van der Waals surface area contributed by atoms with Crippen molar-refractivity contribution in [1.82, 2.24) is 25.0 Å². The van der Waals surface area contributed by atoms with Crippen molar-refractivity contribution in [2.45, 2.75) is 45.3 Å². The van der Waals surface area contributed by atoms with Crippen molar-refractivity contribution in [3.63, 3.8) is 0 Å². The molecule has 2 aromatic rings. The number of amides is 2. The van der Waals surface area contributed by atoms with Gasteiger partial charge in [-0.25, -0.2) is 4.79 Å². The van der Waals surface area contributed by atoms with Crippen LogP contribution in [-0.4, -0.2) is 32.7 Å². The van der Waals surface area contributed by atoms with E-state index in [4.69, 9.17) is 0 Å². The lowest BCUT2D eigenvalue weighted by molar-refractivity contribution is 0.206. The van der Waals surface area contributed by atoms with Crippen LogP contribution in [0.25, 0.3) is 0 Å². The number of hydrogen-bond donors (Lipinski definition) is 1. The van der Waals surface area contributed by atoms with Crippen LogP contribution in [0.5, 0.6) is 0 Å². The van der Waals surface area contributed by atoms with Crippen LogP contribution in [0.4, 0.5) is 4.79 Å². The number of aryl methyl sites for hydroxylation is 1. The van der Waals surface area contributed by atoms with Crippen LogP contribution in [0.1, 0.15) is 36.5 Å². The van der Waals surface area contributed by atoms with Gasteiger partial charge in [0.1, 0.15) is 5.82 Å². The Bertz CT molecular complexity index is 698. The molecule has 1 aliphatic heterocycles. The maximum atomic E-state index is 12.3. The molecule has 6 nitrogen and oxygen atoms in total. The molecule has 0 aliphatic carbocycles. The van der Waals surface area contributed by atoms with Crippen molar-refractivity contribution in [2.75, 3.05) is 7.05 Å². The number of aromatic nitrogens is 3. The number of fused-ring (bicyclic) bond motifs is 1. The molecular formula is C17H22BrN5O. The summed E-state index contributed by atoms with van der Waals surface area (Å²) in [7, 11) is 1.79. The normalized spacial score (nSPS) is 13.9. The first-order chi connectivity index (χ1) is 11.6. The predicted octanol–water partition coefficient (Wildman–Crippen LogP) is 3.11. The van der Waals surface area contributed by atoms with Crippen LogP contribution in [0.15, 0.2) is 28.7 Å². The highest BCUT2D eigenvalue weighted by atomic mass is 79.9. The summed E-state index contributed by atoms with van der Waals surface area (Å²) < 4.78 is 3.19. The molecule has 0 radical (unpaired) electrons. The topological polar surface area (TPSA) is 63.1 Å². The number of nitrogens with one attached hydrogen (secondary N) is 1. The summed E-state index contributed by atoms with van der Waals surface area (Å²) in [5.74, 6) is 1.89. The second-order valence-electron chi connectivity index (χ2n) is 6.14. The van der Waals surface area contributed by atoms with Crippen molar-refractivity contribution in [1.29, 1.82) is 0 Å². The summed E-state index contributed by atoms with van der Waals surface area (Å²) in [6, 6.07) is 7.86. The van der Waals surface area contributed by atoms with Crippen LogP contribution >= 0.6 is 15.9 Å². The van der Waals surface area contributed by atoms with Crippen LogP contribution in [0, 0.1) is 0 Å². The molecule has 24 heavy (non-hydrogen) atoms. The van der Waals surface area contributed by atoms with Gasteiger partial charge in [-0.3, -0.25) is 0 Å². The molecule has 7 heteroatoms. The molecule has 0 atom stereocenters. The lowest BCUT2D eigenvalue weighted by Gasteiger charge is -2.18. The average molecular weight is 392 g/mol. The molecule has 1 aromatic carbocycles. The number of urea groups is 1. The largest absolute Gasteiger partial charge is 0.331 e. The van der Waals surface area contributed by atoms with Gasteiger partial charge >= 0.3 is 6.03 Å². The summed E-state index contributed by atoms with van der Waals surface area (Å²) in [6.45, 7) is 1.93. The fraction of sp³-hybridized carbons (Fsp3) is 0.471. The molecule has 0 unspecified atom stereocenters. The third-order valence-corrected chi connectivity index (χ3v) is 4.79. The lowest BCUT2D eigenvalue weighted by atomic mass is 10.2. The van der Waals surface area contributed by atoms with Crippen molar-refractivity contribution in [3.05, 3.63) is 46.0 Å². The van der Waals surface area contributed by atoms with E-state index in [1.807, 2.05) is 24.3 Å². The summed E-state index contributed by atoms with van der Waals surface area (Å²) >= 11 is 3.41. The highest BCUT2D eigenvalue weighted by molar-refractivity contribution is 9.10. The molecule has 3 rings (SSSR count). The Morgan fingerprint density at radius 3 is 2.83 bits per heavy atom. The molecule has 1 N–H and O–H groups in total. The lowest BCUT2D eigenvalue weighted by Crippen LogP contribution is -2.37. The van der Waals surface area contributed by atoms with Gasteiger partial charge in [-0.15, -0.1) is 10.2 Å². The Morgan fingerprint density at radius 1 is 1.25 bits per heavy atom. The minimum Gasteiger partial charge on any atom is -0.331 e. The van der Waals surface area contributed by atoms with Gasteiger partial charge in [0.15, 0.2) is 5.82 Å². The molecule has 0 bridgehead atoms. The van der Waals surface area contributed by atoms with Crippen molar-refractivity contribution < 1.29 is 4.79 Å². The fourth-order valence-corrected chi connectivity index (χ4v) is 3.17. The van der Waals surface area contributed by atoms with Gasteiger partial charge in [-0.1, -0.05) is 34.5 Å². The highest BCUT2D eigenvalue weighted by Gasteiger charge is 2.16. The minimum atomic E-state index is -0.108. The highest BCUT2D eigenvalue weighted by Crippen LogP contribution is 2.14. The molecule has 0 saturated heterocycles. The number of halogens is 1. The average Bonchev–Trinajstić information content (AvgIpc) is 2.81. The van der Waals surface area contributed by atoms with Crippen LogP contribution in [0.2, 0.25) is 0 Å². The van der Waals surface area contributed by atoms with E-state index in [0.29, 0.717) is 13.1 Å². The van der Waals surface area contributed by atoms with Crippen LogP contribution < -0.4 is 5.32 Å². The number of carbonyl (C=O) groups excluding carboxylic acids is 1. The molecule has 0 saturated carbocycles. The number of hydrogen-bond acceptors (Lipinski definition) is 3. The Labute approximate surface area is 150 Å². The van der Waals surface area contributed by atoms with Gasteiger partial charge in [0, 0.05) is 31.0 Å². The fourth-order valence-electron chi connectivity index (χ4n) is 2.90. The molecule has 1 aliphatic rings. The second-order valence-corrected chi connectivity index (χ2v) is 7.05. The summed E-state index contributed by atoms with van der Waals surface area (Å²) in [6.07, 6.45) is 4.52. The van der Waals surface area contributed by atoms with Gasteiger partial charge in [-0.05, 0) is 30.5 Å². The molecule has 1 aromatic heterocycles. The minimum absolute atomic E-state index is 0.108. The monoisotopic (exact) mass is 391 g/mol. The van der Waals surface area contributed by atoms with E-state index in [1.54, 1.807) is 11.9 Å². The SMILES string of the molecule is CN(Cc1ccc(Br)cc1)C(=O)NCc1nnc2n1CCCCC2. The Balaban J connectivity index is 1.55. The molecule has 0 fully saturated rings. The standard InChI is InChI=1S/C17H22BrN5O/c1-22(12-13-6-8-14(18)9-7-13)17(24)19-11-16-21-20-15-5-3-2-4-10-23(15)16/h6-9H,2-5,10-12H2,1H3,(H,19,24). The van der Waals surface area contributed by atoms with E-state index in [0.717, 1.165) is 41.1 Å². The van der Waals surface area contributed by atoms with E-state index < -0.39 is 0 Å². The van der Waals surface area contributed by atoms with Gasteiger partial charge in [-0.2, -0.15) is 0 Å². The Hall–Kier alpha value is -1.89. The van der Waals surface area contributed by atoms with E-state index in [9.17, 15) is 4.79 Å². The maximum Gasteiger partial charge on any atom is 0.317 e. The number of carbonyl (C=O) groups is 1. The maximum absolute atomic E-state index is 12.3. The first kappa shape index (κ1) is 17.0. The van der Waals surface area contributed by atoms with Crippen molar-refractivity contribution in [2.24, 2.45) is 0 Å². The first-order valence-electron chi connectivity index (χ1n) is 8.28. The summed E-state index contributed by atoms with van der Waals surface area (Å²) in [4.78, 5) is 14.0. The van der Waals surface area contributed by atoms with Crippen LogP contribution in [0.3, 0.4) is 0 Å². The molecule has 128 valence electrons. The van der Waals surface area contributed by atoms with Gasteiger partial charge in [0.25, 0.3) is 0 Å². The number of rotatable bonds is 4. The molecule has 0 spiro atoms. The number of benzene rings is 1.